The van der Waals surface area contributed by atoms with E-state index in [2.05, 4.69) is 44.4 Å². The van der Waals surface area contributed by atoms with Crippen molar-refractivity contribution in [1.82, 2.24) is 10.3 Å². The van der Waals surface area contributed by atoms with E-state index in [4.69, 9.17) is 0 Å². The zero-order valence-electron chi connectivity index (χ0n) is 9.69. The SMILES string of the molecule is CNC(Cc1cncs1)Cc1ccccc1Br. The fraction of sp³-hybridized carbons (Fsp3) is 0.308. The van der Waals surface area contributed by atoms with Crippen molar-refractivity contribution in [3.05, 3.63) is 50.9 Å². The normalized spacial score (nSPS) is 12.6. The second-order valence-corrected chi connectivity index (χ2v) is 5.78. The fourth-order valence-corrected chi connectivity index (χ4v) is 2.91. The van der Waals surface area contributed by atoms with Crippen LogP contribution in [0.3, 0.4) is 0 Å². The lowest BCUT2D eigenvalue weighted by Gasteiger charge is -2.16. The van der Waals surface area contributed by atoms with Gasteiger partial charge in [0.25, 0.3) is 0 Å². The van der Waals surface area contributed by atoms with E-state index in [1.165, 1.54) is 14.9 Å². The van der Waals surface area contributed by atoms with Crippen LogP contribution in [0.25, 0.3) is 0 Å². The van der Waals surface area contributed by atoms with Crippen molar-refractivity contribution >= 4 is 27.3 Å². The summed E-state index contributed by atoms with van der Waals surface area (Å²) >= 11 is 5.31. The molecular weight excluding hydrogens is 296 g/mol. The molecule has 2 aromatic rings. The Morgan fingerprint density at radius 2 is 2.18 bits per heavy atom. The van der Waals surface area contributed by atoms with Gasteiger partial charge in [-0.05, 0) is 31.5 Å². The Labute approximate surface area is 114 Å². The molecule has 0 aliphatic carbocycles. The number of nitrogens with zero attached hydrogens (tertiary/aromatic N) is 1. The molecule has 1 unspecified atom stereocenters. The molecule has 17 heavy (non-hydrogen) atoms. The van der Waals surface area contributed by atoms with Crippen molar-refractivity contribution in [3.63, 3.8) is 0 Å². The first-order valence-corrected chi connectivity index (χ1v) is 7.25. The Balaban J connectivity index is 2.03. The predicted molar refractivity (Wildman–Crippen MR) is 76.5 cm³/mol. The number of benzene rings is 1. The molecule has 0 spiro atoms. The van der Waals surface area contributed by atoms with Gasteiger partial charge in [0.05, 0.1) is 5.51 Å². The van der Waals surface area contributed by atoms with Gasteiger partial charge in [0.1, 0.15) is 0 Å². The Morgan fingerprint density at radius 1 is 1.35 bits per heavy atom. The van der Waals surface area contributed by atoms with Gasteiger partial charge < -0.3 is 5.32 Å². The molecule has 4 heteroatoms. The summed E-state index contributed by atoms with van der Waals surface area (Å²) in [7, 11) is 2.02. The highest BCUT2D eigenvalue weighted by atomic mass is 79.9. The third-order valence-corrected chi connectivity index (χ3v) is 4.34. The molecule has 1 atom stereocenters. The Morgan fingerprint density at radius 3 is 2.82 bits per heavy atom. The van der Waals surface area contributed by atoms with Crippen LogP contribution in [0.1, 0.15) is 10.4 Å². The maximum Gasteiger partial charge on any atom is 0.0794 e. The second-order valence-electron chi connectivity index (χ2n) is 3.95. The maximum atomic E-state index is 4.12. The molecule has 90 valence electrons. The van der Waals surface area contributed by atoms with Gasteiger partial charge >= 0.3 is 0 Å². The van der Waals surface area contributed by atoms with Gasteiger partial charge in [-0.3, -0.25) is 4.98 Å². The first-order chi connectivity index (χ1) is 8.29. The first-order valence-electron chi connectivity index (χ1n) is 5.57. The van der Waals surface area contributed by atoms with Gasteiger partial charge in [-0.1, -0.05) is 34.1 Å². The van der Waals surface area contributed by atoms with Gasteiger partial charge in [-0.15, -0.1) is 11.3 Å². The Bertz CT molecular complexity index is 456. The topological polar surface area (TPSA) is 24.9 Å². The summed E-state index contributed by atoms with van der Waals surface area (Å²) in [5.41, 5.74) is 3.23. The lowest BCUT2D eigenvalue weighted by Crippen LogP contribution is -2.29. The smallest absolute Gasteiger partial charge is 0.0794 e. The number of aromatic nitrogens is 1. The summed E-state index contributed by atoms with van der Waals surface area (Å²) in [5.74, 6) is 0. The molecule has 2 nitrogen and oxygen atoms in total. The molecule has 0 fully saturated rings. The molecule has 0 aliphatic rings. The average molecular weight is 311 g/mol. The molecule has 1 N–H and O–H groups in total. The van der Waals surface area contributed by atoms with E-state index >= 15 is 0 Å². The number of nitrogens with one attached hydrogen (secondary N) is 1. The standard InChI is InChI=1S/C13H15BrN2S/c1-15-11(7-12-8-16-9-17-12)6-10-4-2-3-5-13(10)14/h2-5,8-9,11,15H,6-7H2,1H3. The minimum Gasteiger partial charge on any atom is -0.316 e. The quantitative estimate of drug-likeness (QED) is 0.916. The molecule has 0 amide bonds. The number of rotatable bonds is 5. The monoisotopic (exact) mass is 310 g/mol. The molecule has 1 aromatic heterocycles. The number of thiazole rings is 1. The molecule has 0 bridgehead atoms. The van der Waals surface area contributed by atoms with E-state index in [-0.39, 0.29) is 0 Å². The summed E-state index contributed by atoms with van der Waals surface area (Å²) < 4.78 is 1.18. The maximum absolute atomic E-state index is 4.12. The van der Waals surface area contributed by atoms with Crippen LogP contribution in [0.15, 0.2) is 40.4 Å². The molecule has 0 saturated carbocycles. The summed E-state index contributed by atoms with van der Waals surface area (Å²) in [6.45, 7) is 0. The zero-order valence-corrected chi connectivity index (χ0v) is 12.1. The molecule has 0 radical (unpaired) electrons. The van der Waals surface area contributed by atoms with Crippen molar-refractivity contribution in [2.24, 2.45) is 0 Å². The van der Waals surface area contributed by atoms with Crippen LogP contribution in [0.4, 0.5) is 0 Å². The van der Waals surface area contributed by atoms with Crippen LogP contribution in [0.5, 0.6) is 0 Å². The highest BCUT2D eigenvalue weighted by molar-refractivity contribution is 9.10. The van der Waals surface area contributed by atoms with Crippen molar-refractivity contribution in [2.75, 3.05) is 7.05 Å². The number of hydrogen-bond acceptors (Lipinski definition) is 3. The lowest BCUT2D eigenvalue weighted by atomic mass is 10.0. The summed E-state index contributed by atoms with van der Waals surface area (Å²) in [5, 5.41) is 3.37. The van der Waals surface area contributed by atoms with Crippen LogP contribution in [0.2, 0.25) is 0 Å². The van der Waals surface area contributed by atoms with Crippen LogP contribution in [-0.2, 0) is 12.8 Å². The van der Waals surface area contributed by atoms with Crippen molar-refractivity contribution in [3.8, 4) is 0 Å². The van der Waals surface area contributed by atoms with E-state index in [0.29, 0.717) is 6.04 Å². The van der Waals surface area contributed by atoms with E-state index < -0.39 is 0 Å². The van der Waals surface area contributed by atoms with E-state index in [1.54, 1.807) is 11.3 Å². The van der Waals surface area contributed by atoms with Crippen molar-refractivity contribution < 1.29 is 0 Å². The van der Waals surface area contributed by atoms with Gasteiger partial charge in [0.15, 0.2) is 0 Å². The lowest BCUT2D eigenvalue weighted by molar-refractivity contribution is 0.559. The van der Waals surface area contributed by atoms with Gasteiger partial charge in [0, 0.05) is 21.6 Å². The molecule has 0 aliphatic heterocycles. The highest BCUT2D eigenvalue weighted by Crippen LogP contribution is 2.19. The van der Waals surface area contributed by atoms with Gasteiger partial charge in [-0.25, -0.2) is 0 Å². The number of likely N-dealkylation sites (N-methyl/N-ethyl adjacent to an activating group) is 1. The summed E-state index contributed by atoms with van der Waals surface area (Å²) in [4.78, 5) is 5.45. The van der Waals surface area contributed by atoms with Crippen molar-refractivity contribution in [1.29, 1.82) is 0 Å². The van der Waals surface area contributed by atoms with E-state index in [1.807, 2.05) is 24.8 Å². The minimum absolute atomic E-state index is 0.453. The van der Waals surface area contributed by atoms with Crippen LogP contribution >= 0.6 is 27.3 Å². The largest absolute Gasteiger partial charge is 0.316 e. The van der Waals surface area contributed by atoms with Crippen LogP contribution in [-0.4, -0.2) is 18.1 Å². The number of halogens is 1. The molecular formula is C13H15BrN2S. The average Bonchev–Trinajstić information content (AvgIpc) is 2.84. The molecule has 1 heterocycles. The second kappa shape index (κ2) is 6.28. The van der Waals surface area contributed by atoms with E-state index in [9.17, 15) is 0 Å². The first kappa shape index (κ1) is 12.7. The molecule has 1 aromatic carbocycles. The summed E-state index contributed by atoms with van der Waals surface area (Å²) in [6, 6.07) is 8.84. The molecule has 0 saturated heterocycles. The van der Waals surface area contributed by atoms with Crippen LogP contribution < -0.4 is 5.32 Å². The Hall–Kier alpha value is -0.710. The van der Waals surface area contributed by atoms with Gasteiger partial charge in [0.2, 0.25) is 0 Å². The number of hydrogen-bond donors (Lipinski definition) is 1. The Kier molecular flexibility index (Phi) is 4.71. The van der Waals surface area contributed by atoms with E-state index in [0.717, 1.165) is 12.8 Å². The molecule has 2 rings (SSSR count). The third kappa shape index (κ3) is 3.63. The highest BCUT2D eigenvalue weighted by Gasteiger charge is 2.10. The summed E-state index contributed by atoms with van der Waals surface area (Å²) in [6.07, 6.45) is 4.01. The zero-order chi connectivity index (χ0) is 12.1. The predicted octanol–water partition coefficient (Wildman–Crippen LogP) is 3.28. The third-order valence-electron chi connectivity index (χ3n) is 2.76. The van der Waals surface area contributed by atoms with Crippen LogP contribution in [0, 0.1) is 0 Å². The fourth-order valence-electron chi connectivity index (χ4n) is 1.79. The minimum atomic E-state index is 0.453. The van der Waals surface area contributed by atoms with Gasteiger partial charge in [-0.2, -0.15) is 0 Å². The van der Waals surface area contributed by atoms with Crippen molar-refractivity contribution in [2.45, 2.75) is 18.9 Å².